The second kappa shape index (κ2) is 6.70. The van der Waals surface area contributed by atoms with Gasteiger partial charge >= 0.3 is 0 Å². The maximum Gasteiger partial charge on any atom is 0.251 e. The van der Waals surface area contributed by atoms with Crippen molar-refractivity contribution >= 4 is 5.91 Å². The van der Waals surface area contributed by atoms with Crippen molar-refractivity contribution in [3.63, 3.8) is 0 Å². The number of hydrogen-bond donors (Lipinski definition) is 1. The van der Waals surface area contributed by atoms with Gasteiger partial charge < -0.3 is 10.1 Å². The third kappa shape index (κ3) is 4.09. The molecular weight excluding hydrogens is 257 g/mol. The number of nitrogens with one attached hydrogen (secondary N) is 1. The van der Waals surface area contributed by atoms with Crippen LogP contribution in [-0.2, 0) is 0 Å². The minimum atomic E-state index is -0.357. The van der Waals surface area contributed by atoms with Gasteiger partial charge in [0, 0.05) is 5.56 Å². The Morgan fingerprint density at radius 2 is 1.75 bits per heavy atom. The van der Waals surface area contributed by atoms with Gasteiger partial charge in [0.15, 0.2) is 0 Å². The fourth-order valence-corrected chi connectivity index (χ4v) is 1.67. The molecule has 0 unspecified atom stereocenters. The smallest absolute Gasteiger partial charge is 0.251 e. The van der Waals surface area contributed by atoms with Crippen LogP contribution in [0.2, 0.25) is 0 Å². The van der Waals surface area contributed by atoms with E-state index in [1.165, 1.54) is 29.8 Å². The number of benzene rings is 2. The monoisotopic (exact) mass is 273 g/mol. The Bertz CT molecular complexity index is 564. The van der Waals surface area contributed by atoms with Crippen LogP contribution in [0.15, 0.2) is 48.5 Å². The quantitative estimate of drug-likeness (QED) is 0.851. The van der Waals surface area contributed by atoms with Gasteiger partial charge in [-0.05, 0) is 43.3 Å². The van der Waals surface area contributed by atoms with Crippen LogP contribution < -0.4 is 10.1 Å². The Morgan fingerprint density at radius 1 is 1.10 bits per heavy atom. The van der Waals surface area contributed by atoms with Crippen LogP contribution in [0.25, 0.3) is 0 Å². The lowest BCUT2D eigenvalue weighted by molar-refractivity contribution is 0.0947. The van der Waals surface area contributed by atoms with Gasteiger partial charge in [0.05, 0.1) is 6.54 Å². The van der Waals surface area contributed by atoms with Crippen LogP contribution in [0, 0.1) is 12.7 Å². The highest BCUT2D eigenvalue weighted by Gasteiger charge is 2.04. The predicted octanol–water partition coefficient (Wildman–Crippen LogP) is 2.94. The number of halogens is 1. The molecule has 1 N–H and O–H groups in total. The van der Waals surface area contributed by atoms with Crippen LogP contribution in [-0.4, -0.2) is 19.1 Å². The molecule has 20 heavy (non-hydrogen) atoms. The SMILES string of the molecule is Cc1ccc(OCCNC(=O)c2ccc(F)cc2)cc1. The van der Waals surface area contributed by atoms with E-state index in [1.54, 1.807) is 0 Å². The number of amides is 1. The van der Waals surface area contributed by atoms with E-state index in [2.05, 4.69) is 5.32 Å². The molecule has 2 aromatic carbocycles. The summed E-state index contributed by atoms with van der Waals surface area (Å²) in [4.78, 5) is 11.7. The highest BCUT2D eigenvalue weighted by molar-refractivity contribution is 5.94. The topological polar surface area (TPSA) is 38.3 Å². The summed E-state index contributed by atoms with van der Waals surface area (Å²) in [6, 6.07) is 13.1. The number of hydrogen-bond acceptors (Lipinski definition) is 2. The van der Waals surface area contributed by atoms with Gasteiger partial charge in [-0.2, -0.15) is 0 Å². The zero-order chi connectivity index (χ0) is 14.4. The zero-order valence-corrected chi connectivity index (χ0v) is 11.2. The first-order valence-electron chi connectivity index (χ1n) is 6.38. The molecule has 0 saturated carbocycles. The first-order chi connectivity index (χ1) is 9.65. The normalized spacial score (nSPS) is 10.1. The van der Waals surface area contributed by atoms with Gasteiger partial charge in [-0.3, -0.25) is 4.79 Å². The predicted molar refractivity (Wildman–Crippen MR) is 75.4 cm³/mol. The average molecular weight is 273 g/mol. The molecule has 3 nitrogen and oxygen atoms in total. The standard InChI is InChI=1S/C16H16FNO2/c1-12-2-8-15(9-3-12)20-11-10-18-16(19)13-4-6-14(17)7-5-13/h2-9H,10-11H2,1H3,(H,18,19). The summed E-state index contributed by atoms with van der Waals surface area (Å²) in [5.41, 5.74) is 1.60. The molecule has 0 aromatic heterocycles. The lowest BCUT2D eigenvalue weighted by Gasteiger charge is -2.08. The molecular formula is C16H16FNO2. The molecule has 0 fully saturated rings. The van der Waals surface area contributed by atoms with Crippen LogP contribution >= 0.6 is 0 Å². The van der Waals surface area contributed by atoms with Crippen molar-refractivity contribution in [2.24, 2.45) is 0 Å². The van der Waals surface area contributed by atoms with E-state index < -0.39 is 0 Å². The molecule has 0 radical (unpaired) electrons. The molecule has 2 aromatic rings. The van der Waals surface area contributed by atoms with E-state index in [0.29, 0.717) is 18.7 Å². The van der Waals surface area contributed by atoms with E-state index in [4.69, 9.17) is 4.74 Å². The summed E-state index contributed by atoms with van der Waals surface area (Å²) >= 11 is 0. The van der Waals surface area contributed by atoms with Gasteiger partial charge in [-0.15, -0.1) is 0 Å². The molecule has 0 aliphatic heterocycles. The van der Waals surface area contributed by atoms with Crippen LogP contribution in [0.4, 0.5) is 4.39 Å². The summed E-state index contributed by atoms with van der Waals surface area (Å²) in [7, 11) is 0. The minimum Gasteiger partial charge on any atom is -0.492 e. The molecule has 0 bridgehead atoms. The highest BCUT2D eigenvalue weighted by atomic mass is 19.1. The first-order valence-corrected chi connectivity index (χ1v) is 6.38. The van der Waals surface area contributed by atoms with Crippen LogP contribution in [0.1, 0.15) is 15.9 Å². The number of rotatable bonds is 5. The van der Waals surface area contributed by atoms with Crippen molar-refractivity contribution in [2.45, 2.75) is 6.92 Å². The largest absolute Gasteiger partial charge is 0.492 e. The zero-order valence-electron chi connectivity index (χ0n) is 11.2. The summed E-state index contributed by atoms with van der Waals surface area (Å²) in [6.45, 7) is 2.78. The Kier molecular flexibility index (Phi) is 4.71. The van der Waals surface area contributed by atoms with Crippen molar-refractivity contribution in [3.8, 4) is 5.75 Å². The molecule has 0 atom stereocenters. The van der Waals surface area contributed by atoms with Crippen molar-refractivity contribution in [1.82, 2.24) is 5.32 Å². The Balaban J connectivity index is 1.74. The Morgan fingerprint density at radius 3 is 2.40 bits per heavy atom. The van der Waals surface area contributed by atoms with Gasteiger partial charge in [0.1, 0.15) is 18.2 Å². The summed E-state index contributed by atoms with van der Waals surface area (Å²) < 4.78 is 18.2. The minimum absolute atomic E-state index is 0.238. The second-order valence-corrected chi connectivity index (χ2v) is 4.42. The average Bonchev–Trinajstić information content (AvgIpc) is 2.46. The Labute approximate surface area is 117 Å². The van der Waals surface area contributed by atoms with Gasteiger partial charge in [0.25, 0.3) is 5.91 Å². The molecule has 2 rings (SSSR count). The molecule has 0 heterocycles. The number of aryl methyl sites for hydroxylation is 1. The maximum atomic E-state index is 12.7. The maximum absolute atomic E-state index is 12.7. The Hall–Kier alpha value is -2.36. The van der Waals surface area contributed by atoms with Crippen LogP contribution in [0.5, 0.6) is 5.75 Å². The van der Waals surface area contributed by atoms with Crippen molar-refractivity contribution in [1.29, 1.82) is 0 Å². The summed E-state index contributed by atoms with van der Waals surface area (Å²) in [5.74, 6) is 0.174. The number of ether oxygens (including phenoxy) is 1. The molecule has 1 amide bonds. The lowest BCUT2D eigenvalue weighted by Crippen LogP contribution is -2.28. The second-order valence-electron chi connectivity index (χ2n) is 4.42. The summed E-state index contributed by atoms with van der Waals surface area (Å²) in [6.07, 6.45) is 0. The van der Waals surface area contributed by atoms with Crippen molar-refractivity contribution in [2.75, 3.05) is 13.2 Å². The highest BCUT2D eigenvalue weighted by Crippen LogP contribution is 2.10. The molecule has 0 aliphatic carbocycles. The van der Waals surface area contributed by atoms with Crippen molar-refractivity contribution in [3.05, 3.63) is 65.5 Å². The van der Waals surface area contributed by atoms with Gasteiger partial charge in [0.2, 0.25) is 0 Å². The van der Waals surface area contributed by atoms with Gasteiger partial charge in [-0.25, -0.2) is 4.39 Å². The molecule has 0 aliphatic rings. The molecule has 0 spiro atoms. The lowest BCUT2D eigenvalue weighted by atomic mass is 10.2. The molecule has 104 valence electrons. The van der Waals surface area contributed by atoms with E-state index in [1.807, 2.05) is 31.2 Å². The fraction of sp³-hybridized carbons (Fsp3) is 0.188. The molecule has 0 saturated heterocycles. The van der Waals surface area contributed by atoms with E-state index in [9.17, 15) is 9.18 Å². The van der Waals surface area contributed by atoms with E-state index in [0.717, 1.165) is 5.75 Å². The fourth-order valence-electron chi connectivity index (χ4n) is 1.67. The summed E-state index contributed by atoms with van der Waals surface area (Å²) in [5, 5.41) is 2.71. The first kappa shape index (κ1) is 14.1. The third-order valence-electron chi connectivity index (χ3n) is 2.78. The van der Waals surface area contributed by atoms with Crippen LogP contribution in [0.3, 0.4) is 0 Å². The number of carbonyl (C=O) groups excluding carboxylic acids is 1. The molecule has 4 heteroatoms. The van der Waals surface area contributed by atoms with E-state index in [-0.39, 0.29) is 11.7 Å². The number of carbonyl (C=O) groups is 1. The van der Waals surface area contributed by atoms with E-state index >= 15 is 0 Å². The third-order valence-corrected chi connectivity index (χ3v) is 2.78. The van der Waals surface area contributed by atoms with Crippen molar-refractivity contribution < 1.29 is 13.9 Å². The van der Waals surface area contributed by atoms with Gasteiger partial charge in [-0.1, -0.05) is 17.7 Å².